The molecule has 2 aliphatic rings. The number of halogens is 2. The van der Waals surface area contributed by atoms with Gasteiger partial charge in [-0.1, -0.05) is 47.8 Å². The van der Waals surface area contributed by atoms with Gasteiger partial charge in [-0.25, -0.2) is 0 Å². The molecular weight excluding hydrogens is 419 g/mol. The summed E-state index contributed by atoms with van der Waals surface area (Å²) in [6, 6.07) is 11.8. The molecule has 2 aliphatic heterocycles. The van der Waals surface area contributed by atoms with Crippen LogP contribution in [0.5, 0.6) is 11.6 Å². The molecule has 1 aromatic heterocycles. The van der Waals surface area contributed by atoms with Crippen LogP contribution in [-0.4, -0.2) is 22.0 Å². The van der Waals surface area contributed by atoms with Crippen LogP contribution in [0.4, 0.5) is 0 Å². The van der Waals surface area contributed by atoms with Crippen LogP contribution < -0.4 is 9.47 Å². The Morgan fingerprint density at radius 3 is 2.60 bits per heavy atom. The summed E-state index contributed by atoms with van der Waals surface area (Å²) in [7, 11) is 0. The molecule has 30 heavy (non-hydrogen) atoms. The highest BCUT2D eigenvalue weighted by Gasteiger charge is 2.57. The van der Waals surface area contributed by atoms with Crippen molar-refractivity contribution in [2.75, 3.05) is 6.61 Å². The van der Waals surface area contributed by atoms with Gasteiger partial charge in [0, 0.05) is 27.5 Å². The van der Waals surface area contributed by atoms with Crippen LogP contribution in [0.3, 0.4) is 0 Å². The first-order valence-corrected chi connectivity index (χ1v) is 10.9. The lowest BCUT2D eigenvalue weighted by Gasteiger charge is -2.52. The highest BCUT2D eigenvalue weighted by Crippen LogP contribution is 2.58. The Bertz CT molecular complexity index is 1180. The average Bonchev–Trinajstić information content (AvgIpc) is 2.99. The third-order valence-electron chi connectivity index (χ3n) is 6.67. The standard InChI is InChI=1S/C24H24Cl2N2O2/c1-13-6-9-19-16(10-13)24(5)20(12-29-19)23(3,4)30-22-21(24)14(2)27-28(22)18-11-15(25)7-8-17(18)26/h6-11,20H,12H2,1-5H3/t20-,24-/m1/s1. The van der Waals surface area contributed by atoms with E-state index in [-0.39, 0.29) is 11.3 Å². The largest absolute Gasteiger partial charge is 0.493 e. The van der Waals surface area contributed by atoms with E-state index in [1.54, 1.807) is 16.8 Å². The van der Waals surface area contributed by atoms with Crippen molar-refractivity contribution in [3.63, 3.8) is 0 Å². The second-order valence-corrected chi connectivity index (χ2v) is 9.89. The molecule has 0 radical (unpaired) electrons. The Hall–Kier alpha value is -2.17. The number of aromatic nitrogens is 2. The zero-order valence-electron chi connectivity index (χ0n) is 17.7. The fourth-order valence-corrected chi connectivity index (χ4v) is 5.60. The molecule has 2 aromatic carbocycles. The zero-order valence-corrected chi connectivity index (χ0v) is 19.2. The molecule has 0 saturated heterocycles. The summed E-state index contributed by atoms with van der Waals surface area (Å²) in [6.07, 6.45) is 0. The fraction of sp³-hybridized carbons (Fsp3) is 0.375. The first-order chi connectivity index (χ1) is 14.1. The van der Waals surface area contributed by atoms with E-state index in [4.69, 9.17) is 37.8 Å². The van der Waals surface area contributed by atoms with Crippen molar-refractivity contribution in [3.8, 4) is 17.3 Å². The molecule has 156 valence electrons. The number of benzene rings is 2. The number of hydrogen-bond donors (Lipinski definition) is 0. The Balaban J connectivity index is 1.83. The molecule has 0 N–H and O–H groups in total. The number of rotatable bonds is 1. The number of fused-ring (bicyclic) bond motifs is 5. The van der Waals surface area contributed by atoms with E-state index in [9.17, 15) is 0 Å². The third-order valence-corrected chi connectivity index (χ3v) is 7.22. The summed E-state index contributed by atoms with van der Waals surface area (Å²) in [5.74, 6) is 1.77. The Morgan fingerprint density at radius 1 is 1.07 bits per heavy atom. The predicted molar refractivity (Wildman–Crippen MR) is 120 cm³/mol. The van der Waals surface area contributed by atoms with Gasteiger partial charge >= 0.3 is 0 Å². The molecule has 0 amide bonds. The van der Waals surface area contributed by atoms with Gasteiger partial charge in [0.25, 0.3) is 0 Å². The Labute approximate surface area is 186 Å². The van der Waals surface area contributed by atoms with Crippen molar-refractivity contribution in [1.29, 1.82) is 0 Å². The lowest BCUT2D eigenvalue weighted by molar-refractivity contribution is -0.0440. The smallest absolute Gasteiger partial charge is 0.221 e. The normalized spacial score (nSPS) is 23.6. The summed E-state index contributed by atoms with van der Waals surface area (Å²) in [5, 5.41) is 6.04. The summed E-state index contributed by atoms with van der Waals surface area (Å²) in [4.78, 5) is 0. The van der Waals surface area contributed by atoms with Crippen LogP contribution >= 0.6 is 23.2 Å². The molecule has 2 atom stereocenters. The predicted octanol–water partition coefficient (Wildman–Crippen LogP) is 6.28. The van der Waals surface area contributed by atoms with Gasteiger partial charge in [0.15, 0.2) is 0 Å². The lowest BCUT2D eigenvalue weighted by atomic mass is 9.59. The molecule has 3 aromatic rings. The summed E-state index contributed by atoms with van der Waals surface area (Å²) >= 11 is 12.8. The van der Waals surface area contributed by atoms with Crippen LogP contribution in [-0.2, 0) is 5.41 Å². The second-order valence-electron chi connectivity index (χ2n) is 9.04. The molecule has 0 aliphatic carbocycles. The van der Waals surface area contributed by atoms with E-state index >= 15 is 0 Å². The molecule has 0 bridgehead atoms. The van der Waals surface area contributed by atoms with Crippen LogP contribution in [0, 0.1) is 19.8 Å². The minimum Gasteiger partial charge on any atom is -0.493 e. The zero-order chi connectivity index (χ0) is 21.4. The topological polar surface area (TPSA) is 36.3 Å². The van der Waals surface area contributed by atoms with Crippen LogP contribution in [0.15, 0.2) is 36.4 Å². The molecule has 0 fully saturated rings. The maximum absolute atomic E-state index is 6.62. The quantitative estimate of drug-likeness (QED) is 0.444. The van der Waals surface area contributed by atoms with Gasteiger partial charge in [0.05, 0.1) is 23.0 Å². The van der Waals surface area contributed by atoms with Crippen LogP contribution in [0.25, 0.3) is 5.69 Å². The van der Waals surface area contributed by atoms with Crippen molar-refractivity contribution < 1.29 is 9.47 Å². The molecule has 6 heteroatoms. The summed E-state index contributed by atoms with van der Waals surface area (Å²) < 4.78 is 14.6. The van der Waals surface area contributed by atoms with Gasteiger partial charge in [-0.3, -0.25) is 0 Å². The van der Waals surface area contributed by atoms with Crippen LogP contribution in [0.2, 0.25) is 10.0 Å². The maximum atomic E-state index is 6.62. The van der Waals surface area contributed by atoms with Crippen molar-refractivity contribution in [2.24, 2.45) is 5.92 Å². The first-order valence-electron chi connectivity index (χ1n) is 10.1. The average molecular weight is 443 g/mol. The van der Waals surface area contributed by atoms with Crippen molar-refractivity contribution in [3.05, 3.63) is 68.8 Å². The van der Waals surface area contributed by atoms with E-state index in [0.717, 1.165) is 22.9 Å². The summed E-state index contributed by atoms with van der Waals surface area (Å²) in [5.41, 5.74) is 4.30. The third kappa shape index (κ3) is 2.63. The minimum absolute atomic E-state index is 0.123. The van der Waals surface area contributed by atoms with Gasteiger partial charge < -0.3 is 9.47 Å². The lowest BCUT2D eigenvalue weighted by Crippen LogP contribution is -2.57. The van der Waals surface area contributed by atoms with Gasteiger partial charge in [0.2, 0.25) is 5.88 Å². The number of nitrogens with zero attached hydrogens (tertiary/aromatic N) is 2. The Kier molecular flexibility index (Phi) is 4.23. The van der Waals surface area contributed by atoms with Gasteiger partial charge in [0.1, 0.15) is 11.4 Å². The van der Waals surface area contributed by atoms with E-state index in [1.807, 2.05) is 13.0 Å². The van der Waals surface area contributed by atoms with Crippen molar-refractivity contribution in [2.45, 2.75) is 45.6 Å². The number of ether oxygens (including phenoxy) is 2. The fourth-order valence-electron chi connectivity index (χ4n) is 5.24. The SMILES string of the molecule is Cc1ccc2c(c1)[C@@]1(C)c3c(C)nn(-c4cc(Cl)ccc4Cl)c3OC(C)(C)[C@H]1CO2. The highest BCUT2D eigenvalue weighted by molar-refractivity contribution is 6.34. The molecule has 4 nitrogen and oxygen atoms in total. The molecule has 0 spiro atoms. The first kappa shape index (κ1) is 19.8. The monoisotopic (exact) mass is 442 g/mol. The second kappa shape index (κ2) is 6.41. The van der Waals surface area contributed by atoms with Gasteiger partial charge in [-0.15, -0.1) is 0 Å². The van der Waals surface area contributed by atoms with E-state index in [2.05, 4.69) is 45.9 Å². The molecular formula is C24H24Cl2N2O2. The molecule has 3 heterocycles. The molecule has 5 rings (SSSR count). The van der Waals surface area contributed by atoms with Crippen LogP contribution in [0.1, 0.15) is 43.2 Å². The summed E-state index contributed by atoms with van der Waals surface area (Å²) in [6.45, 7) is 11.3. The molecule has 0 saturated carbocycles. The maximum Gasteiger partial charge on any atom is 0.221 e. The Morgan fingerprint density at radius 2 is 1.83 bits per heavy atom. The number of aryl methyl sites for hydroxylation is 2. The van der Waals surface area contributed by atoms with Gasteiger partial charge in [-0.2, -0.15) is 9.78 Å². The van der Waals surface area contributed by atoms with Gasteiger partial charge in [-0.05, 0) is 52.0 Å². The van der Waals surface area contributed by atoms with E-state index in [0.29, 0.717) is 22.3 Å². The van der Waals surface area contributed by atoms with E-state index < -0.39 is 5.60 Å². The van der Waals surface area contributed by atoms with Crippen molar-refractivity contribution in [1.82, 2.24) is 9.78 Å². The minimum atomic E-state index is -0.474. The molecule has 0 unspecified atom stereocenters. The van der Waals surface area contributed by atoms with Crippen molar-refractivity contribution >= 4 is 23.2 Å². The van der Waals surface area contributed by atoms with E-state index in [1.165, 1.54) is 11.1 Å². The number of hydrogen-bond acceptors (Lipinski definition) is 3. The highest BCUT2D eigenvalue weighted by atomic mass is 35.5.